The molecule has 1 amide bonds. The zero-order valence-electron chi connectivity index (χ0n) is 13.8. The Morgan fingerprint density at radius 2 is 2.09 bits per heavy atom. The lowest BCUT2D eigenvalue weighted by Gasteiger charge is -2.21. The minimum atomic E-state index is -0.0602. The molecule has 0 aliphatic carbocycles. The van der Waals surface area contributed by atoms with Crippen molar-refractivity contribution >= 4 is 12.0 Å². The first-order valence-corrected chi connectivity index (χ1v) is 7.55. The Morgan fingerprint density at radius 1 is 1.30 bits per heavy atom. The quantitative estimate of drug-likeness (QED) is 0.568. The van der Waals surface area contributed by atoms with Crippen molar-refractivity contribution in [1.82, 2.24) is 4.90 Å². The maximum Gasteiger partial charge on any atom is 0.246 e. The smallest absolute Gasteiger partial charge is 0.246 e. The molecule has 0 unspecified atom stereocenters. The zero-order chi connectivity index (χ0) is 16.7. The molecule has 2 rings (SSSR count). The van der Waals surface area contributed by atoms with Crippen molar-refractivity contribution in [2.75, 3.05) is 47.6 Å². The Labute approximate surface area is 136 Å². The number of rotatable bonds is 7. The fraction of sp³-hybridized carbons (Fsp3) is 0.471. The predicted octanol–water partition coefficient (Wildman–Crippen LogP) is 1.97. The van der Waals surface area contributed by atoms with Crippen LogP contribution < -0.4 is 14.2 Å². The molecule has 0 bridgehead atoms. The van der Waals surface area contributed by atoms with Crippen LogP contribution in [0.3, 0.4) is 0 Å². The van der Waals surface area contributed by atoms with E-state index in [4.69, 9.17) is 18.9 Å². The summed E-state index contributed by atoms with van der Waals surface area (Å²) >= 11 is 0. The molecule has 0 aromatic heterocycles. The molecule has 1 aliphatic rings. The van der Waals surface area contributed by atoms with Crippen LogP contribution >= 0.6 is 0 Å². The van der Waals surface area contributed by atoms with Gasteiger partial charge in [0.05, 0.1) is 7.11 Å². The first-order chi connectivity index (χ1) is 11.2. The average Bonchev–Trinajstić information content (AvgIpc) is 2.58. The number of methoxy groups -OCH3 is 2. The first kappa shape index (κ1) is 17.1. The number of hydrogen-bond acceptors (Lipinski definition) is 5. The third kappa shape index (κ3) is 4.63. The van der Waals surface area contributed by atoms with Gasteiger partial charge in [0.2, 0.25) is 11.7 Å². The second-order valence-corrected chi connectivity index (χ2v) is 5.19. The highest BCUT2D eigenvalue weighted by Gasteiger charge is 2.17. The normalized spacial score (nSPS) is 13.2. The number of fused-ring (bicyclic) bond motifs is 1. The fourth-order valence-corrected chi connectivity index (χ4v) is 2.24. The van der Waals surface area contributed by atoms with Crippen LogP contribution in [0.15, 0.2) is 18.2 Å². The summed E-state index contributed by atoms with van der Waals surface area (Å²) in [7, 11) is 5.00. The number of nitrogens with zero attached hydrogens (tertiary/aromatic N) is 1. The second-order valence-electron chi connectivity index (χ2n) is 5.19. The fourth-order valence-electron chi connectivity index (χ4n) is 2.24. The van der Waals surface area contributed by atoms with Crippen LogP contribution in [0.25, 0.3) is 6.08 Å². The van der Waals surface area contributed by atoms with Gasteiger partial charge in [-0.15, -0.1) is 0 Å². The molecule has 6 heteroatoms. The number of hydrogen-bond donors (Lipinski definition) is 0. The highest BCUT2D eigenvalue weighted by Crippen LogP contribution is 2.40. The van der Waals surface area contributed by atoms with E-state index in [-0.39, 0.29) is 5.91 Å². The standard InChI is InChI=1S/C17H23NO5/c1-18(7-4-8-20-2)16(19)6-5-13-11-14(21-3)17-15(12-13)22-9-10-23-17/h5-6,11-12H,4,7-10H2,1-3H3/b6-5+. The van der Waals surface area contributed by atoms with E-state index in [1.165, 1.54) is 6.08 Å². The van der Waals surface area contributed by atoms with Crippen LogP contribution in [-0.2, 0) is 9.53 Å². The average molecular weight is 321 g/mol. The van der Waals surface area contributed by atoms with Crippen molar-refractivity contribution in [2.24, 2.45) is 0 Å². The van der Waals surface area contributed by atoms with Crippen LogP contribution in [0, 0.1) is 0 Å². The van der Waals surface area contributed by atoms with Crippen LogP contribution in [-0.4, -0.2) is 58.4 Å². The summed E-state index contributed by atoms with van der Waals surface area (Å²) in [4.78, 5) is 13.7. The summed E-state index contributed by atoms with van der Waals surface area (Å²) in [6.07, 6.45) is 4.10. The van der Waals surface area contributed by atoms with Gasteiger partial charge in [-0.25, -0.2) is 0 Å². The Kier molecular flexibility index (Phi) is 6.29. The summed E-state index contributed by atoms with van der Waals surface area (Å²) in [6, 6.07) is 3.66. The Morgan fingerprint density at radius 3 is 2.83 bits per heavy atom. The van der Waals surface area contributed by atoms with Crippen molar-refractivity contribution in [3.8, 4) is 17.2 Å². The number of carbonyl (C=O) groups is 1. The SMILES string of the molecule is COCCCN(C)C(=O)/C=C/c1cc(OC)c2c(c1)OCCO2. The lowest BCUT2D eigenvalue weighted by atomic mass is 10.1. The monoisotopic (exact) mass is 321 g/mol. The number of likely N-dealkylation sites (N-methyl/N-ethyl adjacent to an activating group) is 1. The van der Waals surface area contributed by atoms with E-state index >= 15 is 0 Å². The van der Waals surface area contributed by atoms with Crippen LogP contribution in [0.4, 0.5) is 0 Å². The number of ether oxygens (including phenoxy) is 4. The van der Waals surface area contributed by atoms with Crippen molar-refractivity contribution in [1.29, 1.82) is 0 Å². The Balaban J connectivity index is 2.05. The molecule has 0 saturated carbocycles. The van der Waals surface area contributed by atoms with E-state index in [0.717, 1.165) is 12.0 Å². The molecule has 126 valence electrons. The first-order valence-electron chi connectivity index (χ1n) is 7.55. The van der Waals surface area contributed by atoms with E-state index in [1.807, 2.05) is 12.1 Å². The topological polar surface area (TPSA) is 57.2 Å². The number of benzene rings is 1. The summed E-state index contributed by atoms with van der Waals surface area (Å²) in [5.74, 6) is 1.78. The molecule has 1 aromatic carbocycles. The third-order valence-electron chi connectivity index (χ3n) is 3.49. The molecular weight excluding hydrogens is 298 g/mol. The molecule has 1 heterocycles. The van der Waals surface area contributed by atoms with E-state index < -0.39 is 0 Å². The Hall–Kier alpha value is -2.21. The summed E-state index contributed by atoms with van der Waals surface area (Å²) in [6.45, 7) is 2.30. The van der Waals surface area contributed by atoms with E-state index in [9.17, 15) is 4.79 Å². The van der Waals surface area contributed by atoms with Gasteiger partial charge in [0.15, 0.2) is 11.5 Å². The molecule has 1 aliphatic heterocycles. The number of amides is 1. The van der Waals surface area contributed by atoms with E-state index in [1.54, 1.807) is 32.2 Å². The van der Waals surface area contributed by atoms with Gasteiger partial charge in [0.1, 0.15) is 13.2 Å². The van der Waals surface area contributed by atoms with Crippen molar-refractivity contribution in [3.63, 3.8) is 0 Å². The minimum Gasteiger partial charge on any atom is -0.493 e. The molecule has 0 radical (unpaired) electrons. The van der Waals surface area contributed by atoms with Crippen molar-refractivity contribution in [2.45, 2.75) is 6.42 Å². The second kappa shape index (κ2) is 8.43. The van der Waals surface area contributed by atoms with E-state index in [0.29, 0.717) is 43.6 Å². The van der Waals surface area contributed by atoms with Crippen LogP contribution in [0.1, 0.15) is 12.0 Å². The predicted molar refractivity (Wildman–Crippen MR) is 87.1 cm³/mol. The Bertz CT molecular complexity index is 553. The van der Waals surface area contributed by atoms with E-state index in [2.05, 4.69) is 0 Å². The third-order valence-corrected chi connectivity index (χ3v) is 3.49. The van der Waals surface area contributed by atoms with Crippen LogP contribution in [0.2, 0.25) is 0 Å². The molecule has 0 atom stereocenters. The maximum absolute atomic E-state index is 12.1. The van der Waals surface area contributed by atoms with Crippen molar-refractivity contribution in [3.05, 3.63) is 23.8 Å². The van der Waals surface area contributed by atoms with Crippen molar-refractivity contribution < 1.29 is 23.7 Å². The molecule has 0 spiro atoms. The van der Waals surface area contributed by atoms with Gasteiger partial charge in [0, 0.05) is 33.4 Å². The number of carbonyl (C=O) groups excluding carboxylic acids is 1. The van der Waals surface area contributed by atoms with Gasteiger partial charge < -0.3 is 23.8 Å². The van der Waals surface area contributed by atoms with Gasteiger partial charge in [-0.05, 0) is 30.2 Å². The maximum atomic E-state index is 12.1. The molecular formula is C17H23NO5. The summed E-state index contributed by atoms with van der Waals surface area (Å²) in [5.41, 5.74) is 0.824. The highest BCUT2D eigenvalue weighted by atomic mass is 16.6. The van der Waals surface area contributed by atoms with Gasteiger partial charge in [-0.2, -0.15) is 0 Å². The lowest BCUT2D eigenvalue weighted by molar-refractivity contribution is -0.124. The minimum absolute atomic E-state index is 0.0602. The van der Waals surface area contributed by atoms with Gasteiger partial charge in [-0.1, -0.05) is 0 Å². The zero-order valence-corrected chi connectivity index (χ0v) is 13.8. The lowest BCUT2D eigenvalue weighted by Crippen LogP contribution is -2.26. The van der Waals surface area contributed by atoms with Gasteiger partial charge in [0.25, 0.3) is 0 Å². The molecule has 1 aromatic rings. The van der Waals surface area contributed by atoms with Gasteiger partial charge >= 0.3 is 0 Å². The summed E-state index contributed by atoms with van der Waals surface area (Å²) in [5, 5.41) is 0. The molecule has 0 fully saturated rings. The molecule has 0 N–H and O–H groups in total. The summed E-state index contributed by atoms with van der Waals surface area (Å²) < 4.78 is 21.4. The molecule has 0 saturated heterocycles. The highest BCUT2D eigenvalue weighted by molar-refractivity contribution is 5.91. The molecule has 23 heavy (non-hydrogen) atoms. The largest absolute Gasteiger partial charge is 0.493 e. The van der Waals surface area contributed by atoms with Gasteiger partial charge in [-0.3, -0.25) is 4.79 Å². The molecule has 6 nitrogen and oxygen atoms in total. The van der Waals surface area contributed by atoms with Crippen LogP contribution in [0.5, 0.6) is 17.2 Å².